The van der Waals surface area contributed by atoms with Crippen molar-refractivity contribution in [2.24, 2.45) is 5.73 Å². The van der Waals surface area contributed by atoms with E-state index in [-0.39, 0.29) is 11.3 Å². The zero-order valence-electron chi connectivity index (χ0n) is 10.3. The Morgan fingerprint density at radius 2 is 1.86 bits per heavy atom. The zero-order chi connectivity index (χ0) is 15.6. The summed E-state index contributed by atoms with van der Waals surface area (Å²) in [6.07, 6.45) is -4.78. The molecule has 0 aliphatic heterocycles. The van der Waals surface area contributed by atoms with Gasteiger partial charge in [-0.25, -0.2) is 5.10 Å². The summed E-state index contributed by atoms with van der Waals surface area (Å²) in [5.74, 6) is -1.33. The fourth-order valence-corrected chi connectivity index (χ4v) is 1.56. The number of nitrogens with two attached hydrogens (primary N) is 1. The van der Waals surface area contributed by atoms with Crippen LogP contribution in [0, 0.1) is 0 Å². The van der Waals surface area contributed by atoms with Crippen LogP contribution in [0.3, 0.4) is 0 Å². The van der Waals surface area contributed by atoms with Crippen molar-refractivity contribution in [3.05, 3.63) is 46.2 Å². The van der Waals surface area contributed by atoms with Crippen molar-refractivity contribution in [2.75, 3.05) is 0 Å². The Kier molecular flexibility index (Phi) is 3.66. The normalized spacial score (nSPS) is 11.2. The molecule has 0 saturated carbocycles. The van der Waals surface area contributed by atoms with E-state index in [2.05, 4.69) is 14.9 Å². The number of aromatic amines is 1. The summed E-state index contributed by atoms with van der Waals surface area (Å²) in [5, 5.41) is 5.77. The number of aromatic nitrogens is 2. The van der Waals surface area contributed by atoms with Crippen molar-refractivity contribution in [1.29, 1.82) is 0 Å². The van der Waals surface area contributed by atoms with E-state index < -0.39 is 23.6 Å². The van der Waals surface area contributed by atoms with E-state index in [1.54, 1.807) is 0 Å². The number of halogens is 3. The molecule has 2 aromatic rings. The van der Waals surface area contributed by atoms with Gasteiger partial charge < -0.3 is 10.5 Å². The number of alkyl halides is 3. The van der Waals surface area contributed by atoms with Crippen LogP contribution in [0.4, 0.5) is 13.2 Å². The molecule has 1 amide bonds. The van der Waals surface area contributed by atoms with E-state index in [0.29, 0.717) is 5.56 Å². The van der Waals surface area contributed by atoms with Crippen LogP contribution in [-0.4, -0.2) is 22.5 Å². The average molecular weight is 299 g/mol. The number of benzene rings is 1. The van der Waals surface area contributed by atoms with E-state index >= 15 is 0 Å². The summed E-state index contributed by atoms with van der Waals surface area (Å²) in [6.45, 7) is 0. The second kappa shape index (κ2) is 5.27. The number of nitrogens with one attached hydrogen (secondary N) is 1. The van der Waals surface area contributed by atoms with Crippen molar-refractivity contribution in [3.8, 4) is 17.0 Å². The van der Waals surface area contributed by atoms with Gasteiger partial charge in [-0.05, 0) is 30.3 Å². The number of amides is 1. The average Bonchev–Trinajstić information content (AvgIpc) is 2.38. The Balaban J connectivity index is 2.33. The molecule has 1 aromatic heterocycles. The van der Waals surface area contributed by atoms with Gasteiger partial charge in [0.05, 0.1) is 5.69 Å². The molecule has 0 radical (unpaired) electrons. The molecule has 1 heterocycles. The van der Waals surface area contributed by atoms with E-state index in [9.17, 15) is 22.8 Å². The minimum Gasteiger partial charge on any atom is -0.406 e. The first-order chi connectivity index (χ1) is 9.76. The second-order valence-electron chi connectivity index (χ2n) is 3.93. The molecule has 0 atom stereocenters. The van der Waals surface area contributed by atoms with Gasteiger partial charge in [-0.15, -0.1) is 13.2 Å². The van der Waals surface area contributed by atoms with Crippen molar-refractivity contribution in [2.45, 2.75) is 6.36 Å². The van der Waals surface area contributed by atoms with E-state index in [1.165, 1.54) is 12.1 Å². The quantitative estimate of drug-likeness (QED) is 0.895. The Hall–Kier alpha value is -2.84. The molecule has 6 nitrogen and oxygen atoms in total. The van der Waals surface area contributed by atoms with Gasteiger partial charge in [0.25, 0.3) is 11.5 Å². The molecule has 0 aliphatic rings. The van der Waals surface area contributed by atoms with E-state index in [1.807, 2.05) is 0 Å². The lowest BCUT2D eigenvalue weighted by Gasteiger charge is -2.09. The molecule has 1 aromatic carbocycles. The Morgan fingerprint density at radius 1 is 1.24 bits per heavy atom. The fraction of sp³-hybridized carbons (Fsp3) is 0.0833. The van der Waals surface area contributed by atoms with Crippen LogP contribution in [0.1, 0.15) is 10.4 Å². The van der Waals surface area contributed by atoms with Crippen LogP contribution in [0.25, 0.3) is 11.3 Å². The standard InChI is InChI=1S/C12H8F3N3O3/c13-12(14,15)21-7-3-1-6(2-4-7)9-5-8(10(16)19)11(20)18-17-9/h1-5H,(H2,16,19)(H,18,20). The van der Waals surface area contributed by atoms with Crippen molar-refractivity contribution in [3.63, 3.8) is 0 Å². The number of carbonyl (C=O) groups excluding carboxylic acids is 1. The summed E-state index contributed by atoms with van der Waals surface area (Å²) < 4.78 is 39.8. The topological polar surface area (TPSA) is 98.1 Å². The molecular weight excluding hydrogens is 291 g/mol. The van der Waals surface area contributed by atoms with Gasteiger partial charge in [-0.1, -0.05) is 0 Å². The molecule has 0 bridgehead atoms. The fourth-order valence-electron chi connectivity index (χ4n) is 1.56. The molecule has 0 saturated heterocycles. The van der Waals surface area contributed by atoms with Crippen molar-refractivity contribution < 1.29 is 22.7 Å². The van der Waals surface area contributed by atoms with Crippen LogP contribution in [0.15, 0.2) is 35.1 Å². The summed E-state index contributed by atoms with van der Waals surface area (Å²) in [6, 6.07) is 5.92. The first-order valence-corrected chi connectivity index (χ1v) is 5.52. The van der Waals surface area contributed by atoms with Crippen molar-refractivity contribution >= 4 is 5.91 Å². The lowest BCUT2D eigenvalue weighted by atomic mass is 10.1. The zero-order valence-corrected chi connectivity index (χ0v) is 10.3. The van der Waals surface area contributed by atoms with Gasteiger partial charge in [-0.2, -0.15) is 5.10 Å². The third-order valence-electron chi connectivity index (χ3n) is 2.45. The minimum atomic E-state index is -4.78. The molecule has 3 N–H and O–H groups in total. The molecule has 0 fully saturated rings. The Bertz CT molecular complexity index is 723. The SMILES string of the molecule is NC(=O)c1cc(-c2ccc(OC(F)(F)F)cc2)n[nH]c1=O. The number of ether oxygens (including phenoxy) is 1. The highest BCUT2D eigenvalue weighted by molar-refractivity contribution is 5.93. The van der Waals surface area contributed by atoms with Crippen LogP contribution in [0.2, 0.25) is 0 Å². The largest absolute Gasteiger partial charge is 0.573 e. The molecule has 0 spiro atoms. The third kappa shape index (κ3) is 3.59. The maximum absolute atomic E-state index is 12.0. The summed E-state index contributed by atoms with van der Waals surface area (Å²) >= 11 is 0. The third-order valence-corrected chi connectivity index (χ3v) is 2.45. The number of hydrogen-bond acceptors (Lipinski definition) is 4. The van der Waals surface area contributed by atoms with Crippen molar-refractivity contribution in [1.82, 2.24) is 10.2 Å². The number of hydrogen-bond donors (Lipinski definition) is 2. The summed E-state index contributed by atoms with van der Waals surface area (Å²) in [5.41, 5.74) is 4.54. The first-order valence-electron chi connectivity index (χ1n) is 5.52. The number of nitrogens with zero attached hydrogens (tertiary/aromatic N) is 1. The molecular formula is C12H8F3N3O3. The highest BCUT2D eigenvalue weighted by Gasteiger charge is 2.30. The lowest BCUT2D eigenvalue weighted by Crippen LogP contribution is -2.24. The smallest absolute Gasteiger partial charge is 0.406 e. The number of H-pyrrole nitrogens is 1. The maximum atomic E-state index is 12.0. The second-order valence-corrected chi connectivity index (χ2v) is 3.93. The van der Waals surface area contributed by atoms with Gasteiger partial charge in [-0.3, -0.25) is 9.59 Å². The summed E-state index contributed by atoms with van der Waals surface area (Å²) in [4.78, 5) is 22.3. The van der Waals surface area contributed by atoms with Crippen LogP contribution in [-0.2, 0) is 0 Å². The van der Waals surface area contributed by atoms with Gasteiger partial charge in [0.15, 0.2) is 0 Å². The number of rotatable bonds is 3. The Morgan fingerprint density at radius 3 is 2.38 bits per heavy atom. The highest BCUT2D eigenvalue weighted by Crippen LogP contribution is 2.25. The number of carbonyl (C=O) groups is 1. The van der Waals surface area contributed by atoms with Crippen LogP contribution >= 0.6 is 0 Å². The van der Waals surface area contributed by atoms with E-state index in [4.69, 9.17) is 5.73 Å². The molecule has 21 heavy (non-hydrogen) atoms. The highest BCUT2D eigenvalue weighted by atomic mass is 19.4. The monoisotopic (exact) mass is 299 g/mol. The molecule has 110 valence electrons. The molecule has 0 aliphatic carbocycles. The van der Waals surface area contributed by atoms with Crippen LogP contribution in [0.5, 0.6) is 5.75 Å². The van der Waals surface area contributed by atoms with Crippen LogP contribution < -0.4 is 16.0 Å². The Labute approximate surface area is 115 Å². The molecule has 9 heteroatoms. The summed E-state index contributed by atoms with van der Waals surface area (Å²) in [7, 11) is 0. The predicted molar refractivity (Wildman–Crippen MR) is 65.5 cm³/mol. The molecule has 0 unspecified atom stereocenters. The van der Waals surface area contributed by atoms with Gasteiger partial charge in [0, 0.05) is 5.56 Å². The maximum Gasteiger partial charge on any atom is 0.573 e. The van der Waals surface area contributed by atoms with E-state index in [0.717, 1.165) is 18.2 Å². The van der Waals surface area contributed by atoms with Gasteiger partial charge in [0.1, 0.15) is 11.3 Å². The first kappa shape index (κ1) is 14.6. The van der Waals surface area contributed by atoms with Gasteiger partial charge >= 0.3 is 6.36 Å². The predicted octanol–water partition coefficient (Wildman–Crippen LogP) is 1.43. The minimum absolute atomic E-state index is 0.182. The van der Waals surface area contributed by atoms with Gasteiger partial charge in [0.2, 0.25) is 0 Å². The number of primary amides is 1. The molecule has 2 rings (SSSR count). The lowest BCUT2D eigenvalue weighted by molar-refractivity contribution is -0.274.